The average molecular weight is 775 g/mol. The summed E-state index contributed by atoms with van der Waals surface area (Å²) in [5.74, 6) is -0.370. The van der Waals surface area contributed by atoms with Gasteiger partial charge < -0.3 is 14.7 Å². The van der Waals surface area contributed by atoms with Gasteiger partial charge in [-0.2, -0.15) is 0 Å². The molecular formula is C48H34Cl2FN3S. The molecule has 8 aromatic carbocycles. The van der Waals surface area contributed by atoms with Crippen LogP contribution in [-0.2, 0) is 0 Å². The summed E-state index contributed by atoms with van der Waals surface area (Å²) in [7, 11) is 0. The minimum atomic E-state index is -0.370. The lowest BCUT2D eigenvalue weighted by Crippen LogP contribution is -2.17. The van der Waals surface area contributed by atoms with Crippen LogP contribution in [0.15, 0.2) is 216 Å². The smallest absolute Gasteiger partial charge is 0.161 e. The van der Waals surface area contributed by atoms with Crippen molar-refractivity contribution in [2.75, 3.05) is 14.7 Å². The molecule has 0 aliphatic rings. The van der Waals surface area contributed by atoms with E-state index in [4.69, 9.17) is 23.2 Å². The number of para-hydroxylation sites is 5. The summed E-state index contributed by atoms with van der Waals surface area (Å²) in [6.45, 7) is 0. The van der Waals surface area contributed by atoms with Gasteiger partial charge in [0.1, 0.15) is 0 Å². The fourth-order valence-electron chi connectivity index (χ4n) is 6.64. The molecule has 0 spiro atoms. The van der Waals surface area contributed by atoms with Crippen LogP contribution in [0.5, 0.6) is 0 Å². The Morgan fingerprint density at radius 2 is 0.691 bits per heavy atom. The van der Waals surface area contributed by atoms with Crippen molar-refractivity contribution in [3.8, 4) is 0 Å². The van der Waals surface area contributed by atoms with Gasteiger partial charge in [0.2, 0.25) is 0 Å². The first-order valence-corrected chi connectivity index (χ1v) is 19.3. The van der Waals surface area contributed by atoms with Crippen LogP contribution in [0, 0.1) is 5.82 Å². The van der Waals surface area contributed by atoms with Crippen LogP contribution >= 0.6 is 35.0 Å². The second kappa shape index (κ2) is 16.6. The molecule has 0 unspecified atom stereocenters. The number of nitrogens with zero attached hydrogens (tertiary/aromatic N) is 3. The van der Waals surface area contributed by atoms with Gasteiger partial charge in [0.25, 0.3) is 0 Å². The molecule has 268 valence electrons. The maximum absolute atomic E-state index is 17.2. The van der Waals surface area contributed by atoms with E-state index >= 15 is 4.39 Å². The molecule has 0 saturated carbocycles. The van der Waals surface area contributed by atoms with Crippen LogP contribution in [0.2, 0.25) is 10.0 Å². The topological polar surface area (TPSA) is 9.72 Å². The Hall–Kier alpha value is -5.98. The molecule has 8 aromatic rings. The van der Waals surface area contributed by atoms with Gasteiger partial charge >= 0.3 is 0 Å². The Balaban J connectivity index is 1.39. The fraction of sp³-hybridized carbons (Fsp3) is 0. The number of halogens is 3. The van der Waals surface area contributed by atoms with Gasteiger partial charge in [-0.3, -0.25) is 0 Å². The maximum atomic E-state index is 17.2. The summed E-state index contributed by atoms with van der Waals surface area (Å²) >= 11 is 14.0. The van der Waals surface area contributed by atoms with Crippen LogP contribution in [0.3, 0.4) is 0 Å². The van der Waals surface area contributed by atoms with E-state index < -0.39 is 0 Å². The van der Waals surface area contributed by atoms with Crippen LogP contribution < -0.4 is 14.7 Å². The van der Waals surface area contributed by atoms with Gasteiger partial charge in [-0.25, -0.2) is 4.39 Å². The van der Waals surface area contributed by atoms with Crippen LogP contribution in [-0.4, -0.2) is 0 Å². The molecule has 0 aliphatic carbocycles. The van der Waals surface area contributed by atoms with E-state index in [2.05, 4.69) is 76.5 Å². The molecule has 0 atom stereocenters. The zero-order chi connectivity index (χ0) is 37.6. The molecule has 0 aliphatic heterocycles. The summed E-state index contributed by atoms with van der Waals surface area (Å²) in [5, 5.41) is 0.981. The van der Waals surface area contributed by atoms with Crippen molar-refractivity contribution in [2.24, 2.45) is 0 Å². The van der Waals surface area contributed by atoms with Gasteiger partial charge in [0.15, 0.2) is 5.82 Å². The third kappa shape index (κ3) is 8.10. The lowest BCUT2D eigenvalue weighted by Gasteiger charge is -2.33. The Morgan fingerprint density at radius 3 is 1.07 bits per heavy atom. The first-order chi connectivity index (χ1) is 27.0. The van der Waals surface area contributed by atoms with Crippen LogP contribution in [0.4, 0.5) is 55.6 Å². The molecule has 0 radical (unpaired) electrons. The summed E-state index contributed by atoms with van der Waals surface area (Å²) in [5.41, 5.74) is 7.68. The van der Waals surface area contributed by atoms with Gasteiger partial charge in [-0.05, 0) is 109 Å². The number of benzene rings is 8. The van der Waals surface area contributed by atoms with Crippen LogP contribution in [0.25, 0.3) is 0 Å². The number of rotatable bonds is 11. The summed E-state index contributed by atoms with van der Waals surface area (Å²) < 4.78 is 17.2. The minimum absolute atomic E-state index is 0.370. The quantitative estimate of drug-likeness (QED) is 0.129. The van der Waals surface area contributed by atoms with Gasteiger partial charge in [0.05, 0.1) is 27.6 Å². The molecule has 55 heavy (non-hydrogen) atoms. The van der Waals surface area contributed by atoms with Crippen molar-refractivity contribution < 1.29 is 4.39 Å². The number of anilines is 9. The van der Waals surface area contributed by atoms with Crippen molar-refractivity contribution in [2.45, 2.75) is 9.79 Å². The Labute approximate surface area is 335 Å². The van der Waals surface area contributed by atoms with Gasteiger partial charge in [0, 0.05) is 43.4 Å². The first-order valence-electron chi connectivity index (χ1n) is 17.7. The largest absolute Gasteiger partial charge is 0.310 e. The summed E-state index contributed by atoms with van der Waals surface area (Å²) in [6, 6.07) is 68.3. The van der Waals surface area contributed by atoms with E-state index in [1.165, 1.54) is 11.8 Å². The van der Waals surface area contributed by atoms with Crippen molar-refractivity contribution in [1.82, 2.24) is 0 Å². The Bertz CT molecular complexity index is 2310. The second-order valence-corrected chi connectivity index (χ2v) is 14.7. The number of hydrogen-bond donors (Lipinski definition) is 0. The van der Waals surface area contributed by atoms with E-state index in [1.54, 1.807) is 24.3 Å². The zero-order valence-electron chi connectivity index (χ0n) is 29.5. The highest BCUT2D eigenvalue weighted by molar-refractivity contribution is 7.99. The second-order valence-electron chi connectivity index (χ2n) is 12.7. The Morgan fingerprint density at radius 1 is 0.345 bits per heavy atom. The van der Waals surface area contributed by atoms with Crippen molar-refractivity contribution in [3.05, 3.63) is 222 Å². The van der Waals surface area contributed by atoms with Crippen molar-refractivity contribution in [1.29, 1.82) is 0 Å². The standard InChI is InChI=1S/C48H34Cl2FN3S/c49-35-29-36(50)31-45(30-35)55-47-28-16-27-46(48(47)51)54(41-25-14-5-15-26-41)44-33-42(52(37-17-6-1-7-18-37)38-19-8-2-9-20-38)32-43(34-44)53(39-21-10-3-11-22-39)40-23-12-4-13-24-40/h1-34H. The monoisotopic (exact) mass is 773 g/mol. The molecule has 0 N–H and O–H groups in total. The molecule has 0 aromatic heterocycles. The Kier molecular flexibility index (Phi) is 10.9. The van der Waals surface area contributed by atoms with E-state index in [1.807, 2.05) is 120 Å². The molecule has 0 bridgehead atoms. The highest BCUT2D eigenvalue weighted by Crippen LogP contribution is 2.47. The molecule has 0 heterocycles. The molecule has 0 amide bonds. The van der Waals surface area contributed by atoms with E-state index in [0.29, 0.717) is 20.6 Å². The third-order valence-electron chi connectivity index (χ3n) is 8.98. The minimum Gasteiger partial charge on any atom is -0.310 e. The highest BCUT2D eigenvalue weighted by Gasteiger charge is 2.24. The number of hydrogen-bond acceptors (Lipinski definition) is 4. The van der Waals surface area contributed by atoms with Crippen molar-refractivity contribution in [3.63, 3.8) is 0 Å². The highest BCUT2D eigenvalue weighted by atomic mass is 35.5. The van der Waals surface area contributed by atoms with Gasteiger partial charge in [-0.1, -0.05) is 132 Å². The normalized spacial score (nSPS) is 10.9. The third-order valence-corrected chi connectivity index (χ3v) is 10.4. The lowest BCUT2D eigenvalue weighted by molar-refractivity contribution is 0.603. The zero-order valence-corrected chi connectivity index (χ0v) is 31.8. The maximum Gasteiger partial charge on any atom is 0.161 e. The van der Waals surface area contributed by atoms with E-state index in [9.17, 15) is 0 Å². The predicted octanol–water partition coefficient (Wildman–Crippen LogP) is 15.7. The first kappa shape index (κ1) is 36.0. The predicted molar refractivity (Wildman–Crippen MR) is 231 cm³/mol. The molecule has 8 rings (SSSR count). The summed E-state index contributed by atoms with van der Waals surface area (Å²) in [4.78, 5) is 7.64. The van der Waals surface area contributed by atoms with Crippen LogP contribution in [0.1, 0.15) is 0 Å². The fourth-order valence-corrected chi connectivity index (χ4v) is 8.26. The van der Waals surface area contributed by atoms with Crippen molar-refractivity contribution >= 4 is 86.2 Å². The molecule has 0 fully saturated rings. The molecular weight excluding hydrogens is 741 g/mol. The average Bonchev–Trinajstić information content (AvgIpc) is 3.21. The lowest BCUT2D eigenvalue weighted by atomic mass is 10.1. The van der Waals surface area contributed by atoms with Gasteiger partial charge in [-0.15, -0.1) is 0 Å². The van der Waals surface area contributed by atoms with E-state index in [-0.39, 0.29) is 5.82 Å². The molecule has 3 nitrogen and oxygen atoms in total. The molecule has 0 saturated heterocycles. The molecule has 7 heteroatoms. The SMILES string of the molecule is Fc1c(Sc2cc(Cl)cc(Cl)c2)cccc1N(c1ccccc1)c1cc(N(c2ccccc2)c2ccccc2)cc(N(c2ccccc2)c2ccccc2)c1. The summed E-state index contributed by atoms with van der Waals surface area (Å²) in [6.07, 6.45) is 0. The van der Waals surface area contributed by atoms with E-state index in [0.717, 1.165) is 50.4 Å².